The summed E-state index contributed by atoms with van der Waals surface area (Å²) in [6, 6.07) is 3.92. The smallest absolute Gasteiger partial charge is 0.317 e. The second-order valence-electron chi connectivity index (χ2n) is 6.75. The summed E-state index contributed by atoms with van der Waals surface area (Å²) in [6.07, 6.45) is 8.72. The molecule has 2 saturated heterocycles. The highest BCUT2D eigenvalue weighted by atomic mass is 16.3. The largest absolute Gasteiger partial charge is 0.394 e. The molecule has 0 bridgehead atoms. The van der Waals surface area contributed by atoms with Crippen LogP contribution in [-0.4, -0.2) is 53.3 Å². The summed E-state index contributed by atoms with van der Waals surface area (Å²) in [5.74, 6) is 1.01. The zero-order valence-electron chi connectivity index (χ0n) is 14.3. The number of carbonyl (C=O) groups is 1. The molecule has 3 rings (SSSR count). The molecule has 1 atom stereocenters. The number of nitrogens with one attached hydrogen (secondary N) is 1. The molecule has 2 aliphatic rings. The van der Waals surface area contributed by atoms with E-state index < -0.39 is 0 Å². The van der Waals surface area contributed by atoms with Gasteiger partial charge < -0.3 is 20.2 Å². The Balaban J connectivity index is 1.57. The zero-order chi connectivity index (χ0) is 16.8. The number of anilines is 1. The number of hydrogen-bond acceptors (Lipinski definition) is 4. The van der Waals surface area contributed by atoms with Crippen LogP contribution in [0.1, 0.15) is 44.1 Å². The maximum atomic E-state index is 12.3. The molecule has 24 heavy (non-hydrogen) atoms. The van der Waals surface area contributed by atoms with Crippen molar-refractivity contribution >= 4 is 11.8 Å². The Hall–Kier alpha value is -1.82. The summed E-state index contributed by atoms with van der Waals surface area (Å²) in [4.78, 5) is 20.9. The third kappa shape index (κ3) is 4.17. The number of nitrogens with zero attached hydrogens (tertiary/aromatic N) is 3. The summed E-state index contributed by atoms with van der Waals surface area (Å²) in [6.45, 7) is 3.40. The fourth-order valence-electron chi connectivity index (χ4n) is 3.62. The highest BCUT2D eigenvalue weighted by Gasteiger charge is 2.27. The maximum absolute atomic E-state index is 12.3. The van der Waals surface area contributed by atoms with E-state index in [2.05, 4.69) is 21.3 Å². The molecular formula is C18H28N4O2. The van der Waals surface area contributed by atoms with Crippen molar-refractivity contribution < 1.29 is 9.90 Å². The Morgan fingerprint density at radius 2 is 2.00 bits per heavy atom. The third-order valence-corrected chi connectivity index (χ3v) is 5.03. The van der Waals surface area contributed by atoms with E-state index >= 15 is 0 Å². The summed E-state index contributed by atoms with van der Waals surface area (Å²) in [7, 11) is 0. The number of carbonyl (C=O) groups excluding carboxylic acids is 1. The van der Waals surface area contributed by atoms with Gasteiger partial charge in [-0.1, -0.05) is 12.8 Å². The number of aliphatic hydroxyl groups is 1. The van der Waals surface area contributed by atoms with E-state index in [-0.39, 0.29) is 18.7 Å². The van der Waals surface area contributed by atoms with Gasteiger partial charge in [0.15, 0.2) is 0 Å². The van der Waals surface area contributed by atoms with Crippen molar-refractivity contribution in [2.45, 2.75) is 51.1 Å². The molecule has 1 aromatic heterocycles. The number of pyridine rings is 1. The van der Waals surface area contributed by atoms with Crippen molar-refractivity contribution in [1.29, 1.82) is 0 Å². The Morgan fingerprint density at radius 3 is 2.75 bits per heavy atom. The predicted molar refractivity (Wildman–Crippen MR) is 94.0 cm³/mol. The predicted octanol–water partition coefficient (Wildman–Crippen LogP) is 2.13. The van der Waals surface area contributed by atoms with Crippen LogP contribution in [0.5, 0.6) is 0 Å². The average molecular weight is 332 g/mol. The van der Waals surface area contributed by atoms with Gasteiger partial charge >= 0.3 is 6.03 Å². The molecular weight excluding hydrogens is 304 g/mol. The standard InChI is InChI=1S/C18H28N4O2/c23-14-16-6-5-11-22(16)18(24)20-13-15-7-8-19-17(12-15)21-9-3-1-2-4-10-21/h7-8,12,16,23H,1-6,9-11,13-14H2,(H,20,24)/t16-/m0/s1. The fourth-order valence-corrected chi connectivity index (χ4v) is 3.62. The van der Waals surface area contributed by atoms with E-state index in [1.807, 2.05) is 12.3 Å². The molecule has 2 fully saturated rings. The lowest BCUT2D eigenvalue weighted by Gasteiger charge is -2.24. The quantitative estimate of drug-likeness (QED) is 0.886. The minimum atomic E-state index is -0.0836. The van der Waals surface area contributed by atoms with Gasteiger partial charge in [-0.15, -0.1) is 0 Å². The lowest BCUT2D eigenvalue weighted by molar-refractivity contribution is 0.157. The number of amides is 2. The number of aliphatic hydroxyl groups excluding tert-OH is 1. The van der Waals surface area contributed by atoms with Crippen LogP contribution in [0.15, 0.2) is 18.3 Å². The average Bonchev–Trinajstić information content (AvgIpc) is 2.93. The van der Waals surface area contributed by atoms with Crippen molar-refractivity contribution in [2.75, 3.05) is 31.1 Å². The molecule has 1 aromatic rings. The van der Waals surface area contributed by atoms with Crippen molar-refractivity contribution in [3.8, 4) is 0 Å². The molecule has 0 unspecified atom stereocenters. The summed E-state index contributed by atoms with van der Waals surface area (Å²) in [5, 5.41) is 12.3. The van der Waals surface area contributed by atoms with E-state index in [0.717, 1.165) is 43.9 Å². The van der Waals surface area contributed by atoms with E-state index in [4.69, 9.17) is 0 Å². The Labute approximate surface area is 143 Å². The van der Waals surface area contributed by atoms with Crippen LogP contribution in [0, 0.1) is 0 Å². The first-order valence-corrected chi connectivity index (χ1v) is 9.13. The molecule has 2 amide bonds. The fraction of sp³-hybridized carbons (Fsp3) is 0.667. The number of aromatic nitrogens is 1. The number of likely N-dealkylation sites (tertiary alicyclic amines) is 1. The molecule has 2 aliphatic heterocycles. The second-order valence-corrected chi connectivity index (χ2v) is 6.75. The summed E-state index contributed by atoms with van der Waals surface area (Å²) in [5.41, 5.74) is 1.07. The first kappa shape index (κ1) is 17.0. The van der Waals surface area contributed by atoms with Crippen molar-refractivity contribution in [3.63, 3.8) is 0 Å². The van der Waals surface area contributed by atoms with E-state index in [0.29, 0.717) is 6.54 Å². The monoisotopic (exact) mass is 332 g/mol. The van der Waals surface area contributed by atoms with Crippen LogP contribution in [0.4, 0.5) is 10.6 Å². The Bertz CT molecular complexity index is 544. The van der Waals surface area contributed by atoms with Gasteiger partial charge in [0.2, 0.25) is 0 Å². The van der Waals surface area contributed by atoms with Gasteiger partial charge in [-0.25, -0.2) is 9.78 Å². The second kappa shape index (κ2) is 8.33. The highest BCUT2D eigenvalue weighted by Crippen LogP contribution is 2.19. The zero-order valence-corrected chi connectivity index (χ0v) is 14.3. The van der Waals surface area contributed by atoms with E-state index in [9.17, 15) is 9.90 Å². The molecule has 6 nitrogen and oxygen atoms in total. The Kier molecular flexibility index (Phi) is 5.91. The minimum absolute atomic E-state index is 0.0323. The summed E-state index contributed by atoms with van der Waals surface area (Å²) >= 11 is 0. The Morgan fingerprint density at radius 1 is 1.21 bits per heavy atom. The van der Waals surface area contributed by atoms with Crippen molar-refractivity contribution in [1.82, 2.24) is 15.2 Å². The first-order valence-electron chi connectivity index (χ1n) is 9.13. The molecule has 2 N–H and O–H groups in total. The number of urea groups is 1. The van der Waals surface area contributed by atoms with Gasteiger partial charge in [0.1, 0.15) is 5.82 Å². The minimum Gasteiger partial charge on any atom is -0.394 e. The van der Waals surface area contributed by atoms with Gasteiger partial charge in [-0.2, -0.15) is 0 Å². The van der Waals surface area contributed by atoms with Crippen LogP contribution in [-0.2, 0) is 6.54 Å². The molecule has 6 heteroatoms. The third-order valence-electron chi connectivity index (χ3n) is 5.03. The number of rotatable bonds is 4. The van der Waals surface area contributed by atoms with Gasteiger partial charge in [0, 0.05) is 32.4 Å². The van der Waals surface area contributed by atoms with Crippen LogP contribution < -0.4 is 10.2 Å². The molecule has 132 valence electrons. The highest BCUT2D eigenvalue weighted by molar-refractivity contribution is 5.74. The van der Waals surface area contributed by atoms with Crippen molar-refractivity contribution in [3.05, 3.63) is 23.9 Å². The molecule has 0 spiro atoms. The SMILES string of the molecule is O=C(NCc1ccnc(N2CCCCCC2)c1)N1CCC[C@H]1CO. The van der Waals surface area contributed by atoms with E-state index in [1.165, 1.54) is 25.7 Å². The van der Waals surface area contributed by atoms with Crippen LogP contribution >= 0.6 is 0 Å². The van der Waals surface area contributed by atoms with Crippen LogP contribution in [0.3, 0.4) is 0 Å². The first-order chi connectivity index (χ1) is 11.8. The molecule has 0 radical (unpaired) electrons. The molecule has 0 aliphatic carbocycles. The van der Waals surface area contributed by atoms with Gasteiger partial charge in [0.25, 0.3) is 0 Å². The van der Waals surface area contributed by atoms with Crippen molar-refractivity contribution in [2.24, 2.45) is 0 Å². The van der Waals surface area contributed by atoms with Gasteiger partial charge in [-0.05, 0) is 43.4 Å². The van der Waals surface area contributed by atoms with Gasteiger partial charge in [0.05, 0.1) is 12.6 Å². The molecule has 3 heterocycles. The maximum Gasteiger partial charge on any atom is 0.317 e. The van der Waals surface area contributed by atoms with E-state index in [1.54, 1.807) is 4.90 Å². The van der Waals surface area contributed by atoms with Crippen LogP contribution in [0.2, 0.25) is 0 Å². The lowest BCUT2D eigenvalue weighted by Crippen LogP contribution is -2.43. The normalized spacial score (nSPS) is 21.6. The lowest BCUT2D eigenvalue weighted by atomic mass is 10.2. The number of hydrogen-bond donors (Lipinski definition) is 2. The molecule has 0 saturated carbocycles. The molecule has 0 aromatic carbocycles. The topological polar surface area (TPSA) is 68.7 Å². The van der Waals surface area contributed by atoms with Crippen LogP contribution in [0.25, 0.3) is 0 Å². The van der Waals surface area contributed by atoms with Gasteiger partial charge in [-0.3, -0.25) is 0 Å². The summed E-state index contributed by atoms with van der Waals surface area (Å²) < 4.78 is 0.